The zero-order valence-electron chi connectivity index (χ0n) is 13.6. The molecule has 1 fully saturated rings. The molecular weight excluding hydrogens is 359 g/mol. The highest BCUT2D eigenvalue weighted by Gasteiger charge is 2.32. The van der Waals surface area contributed by atoms with Gasteiger partial charge in [0, 0.05) is 24.2 Å². The monoisotopic (exact) mass is 370 g/mol. The minimum atomic E-state index is -1.34. The van der Waals surface area contributed by atoms with Gasteiger partial charge in [-0.25, -0.2) is 28.7 Å². The number of rotatable bonds is 3. The maximum Gasteiger partial charge on any atom is 0.342 e. The summed E-state index contributed by atoms with van der Waals surface area (Å²) in [5.41, 5.74) is -0.408. The Morgan fingerprint density at radius 1 is 1.48 bits per heavy atom. The van der Waals surface area contributed by atoms with Gasteiger partial charge in [0.25, 0.3) is 0 Å². The topological polar surface area (TPSA) is 137 Å². The van der Waals surface area contributed by atoms with E-state index in [2.05, 4.69) is 15.1 Å². The van der Waals surface area contributed by atoms with Gasteiger partial charge in [0.1, 0.15) is 17.4 Å². The minimum absolute atomic E-state index is 0.0348. The molecule has 1 aliphatic rings. The Balaban J connectivity index is 1.81. The first-order valence-corrected chi connectivity index (χ1v) is 7.79. The molecule has 136 valence electrons. The third-order valence-electron chi connectivity index (χ3n) is 4.14. The van der Waals surface area contributed by atoms with E-state index in [0.717, 1.165) is 12.3 Å². The van der Waals surface area contributed by atoms with Crippen molar-refractivity contribution in [3.8, 4) is 11.9 Å². The summed E-state index contributed by atoms with van der Waals surface area (Å²) in [5.74, 6) is -2.06. The largest absolute Gasteiger partial charge is 0.493 e. The molecule has 0 saturated carbocycles. The second-order valence-corrected chi connectivity index (χ2v) is 5.72. The van der Waals surface area contributed by atoms with Crippen LogP contribution in [-0.4, -0.2) is 42.4 Å². The number of nitrogens with zero attached hydrogens (tertiary/aromatic N) is 6. The van der Waals surface area contributed by atoms with E-state index in [-0.39, 0.29) is 40.8 Å². The summed E-state index contributed by atoms with van der Waals surface area (Å²) in [4.78, 5) is 24.9. The summed E-state index contributed by atoms with van der Waals surface area (Å²) >= 11 is 0. The number of carboxylic acid groups (broad SMARTS) is 1. The van der Waals surface area contributed by atoms with Gasteiger partial charge in [-0.05, 0) is 6.07 Å². The molecule has 0 aromatic carbocycles. The Labute approximate surface area is 150 Å². The molecular formula is C16H11FN6O4. The molecule has 1 aliphatic heterocycles. The van der Waals surface area contributed by atoms with Gasteiger partial charge in [-0.15, -0.1) is 0 Å². The van der Waals surface area contributed by atoms with Crippen LogP contribution in [-0.2, 0) is 4.84 Å². The Kier molecular flexibility index (Phi) is 3.82. The zero-order chi connectivity index (χ0) is 19.1. The summed E-state index contributed by atoms with van der Waals surface area (Å²) in [6.45, 7) is 0.280. The van der Waals surface area contributed by atoms with Gasteiger partial charge in [-0.2, -0.15) is 10.4 Å². The van der Waals surface area contributed by atoms with Crippen molar-refractivity contribution in [3.05, 3.63) is 47.2 Å². The van der Waals surface area contributed by atoms with Crippen LogP contribution in [0.15, 0.2) is 24.5 Å². The van der Waals surface area contributed by atoms with Gasteiger partial charge in [-0.1, -0.05) is 0 Å². The van der Waals surface area contributed by atoms with Crippen LogP contribution in [0.4, 0.5) is 10.2 Å². The maximum absolute atomic E-state index is 13.6. The third-order valence-corrected chi connectivity index (χ3v) is 4.14. The van der Waals surface area contributed by atoms with Crippen LogP contribution in [0.25, 0.3) is 5.65 Å². The van der Waals surface area contributed by atoms with E-state index >= 15 is 0 Å². The summed E-state index contributed by atoms with van der Waals surface area (Å²) in [7, 11) is 0. The Hall–Kier alpha value is -3.78. The molecule has 3 aromatic rings. The van der Waals surface area contributed by atoms with Crippen molar-refractivity contribution in [1.82, 2.24) is 19.6 Å². The highest BCUT2D eigenvalue weighted by atomic mass is 19.1. The van der Waals surface area contributed by atoms with Gasteiger partial charge in [0.05, 0.1) is 18.8 Å². The molecule has 2 N–H and O–H groups in total. The highest BCUT2D eigenvalue weighted by molar-refractivity contribution is 5.97. The fraction of sp³-hybridized carbons (Fsp3) is 0.188. The predicted molar refractivity (Wildman–Crippen MR) is 86.3 cm³/mol. The van der Waals surface area contributed by atoms with Crippen molar-refractivity contribution in [2.75, 3.05) is 11.7 Å². The maximum atomic E-state index is 13.6. The van der Waals surface area contributed by atoms with Gasteiger partial charge in [-0.3, -0.25) is 4.84 Å². The Morgan fingerprint density at radius 3 is 3.04 bits per heavy atom. The van der Waals surface area contributed by atoms with E-state index in [9.17, 15) is 19.4 Å². The van der Waals surface area contributed by atoms with Crippen molar-refractivity contribution >= 4 is 17.4 Å². The fourth-order valence-corrected chi connectivity index (χ4v) is 2.99. The number of aromatic hydroxyl groups is 1. The van der Waals surface area contributed by atoms with Crippen molar-refractivity contribution in [1.29, 1.82) is 5.26 Å². The molecule has 1 saturated heterocycles. The number of carboxylic acids is 1. The lowest BCUT2D eigenvalue weighted by Gasteiger charge is -2.23. The van der Waals surface area contributed by atoms with Crippen molar-refractivity contribution in [2.24, 2.45) is 0 Å². The first-order valence-electron chi connectivity index (χ1n) is 7.79. The van der Waals surface area contributed by atoms with Gasteiger partial charge in [0.15, 0.2) is 17.2 Å². The molecule has 0 spiro atoms. The summed E-state index contributed by atoms with van der Waals surface area (Å²) in [6, 6.07) is 3.81. The van der Waals surface area contributed by atoms with Crippen LogP contribution in [0.2, 0.25) is 0 Å². The molecule has 0 aliphatic carbocycles. The lowest BCUT2D eigenvalue weighted by atomic mass is 10.1. The number of nitriles is 1. The molecule has 0 radical (unpaired) electrons. The van der Waals surface area contributed by atoms with Crippen LogP contribution in [0.5, 0.6) is 5.88 Å². The number of anilines is 1. The van der Waals surface area contributed by atoms with Crippen LogP contribution in [0.3, 0.4) is 0 Å². The van der Waals surface area contributed by atoms with Crippen molar-refractivity contribution < 1.29 is 24.2 Å². The van der Waals surface area contributed by atoms with E-state index in [1.165, 1.54) is 21.8 Å². The minimum Gasteiger partial charge on any atom is -0.493 e. The number of aromatic carboxylic acids is 1. The number of pyridine rings is 1. The third kappa shape index (κ3) is 2.68. The van der Waals surface area contributed by atoms with E-state index in [1.54, 1.807) is 6.07 Å². The lowest BCUT2D eigenvalue weighted by Crippen LogP contribution is -2.23. The Bertz CT molecular complexity index is 1110. The van der Waals surface area contributed by atoms with Crippen LogP contribution in [0.1, 0.15) is 34.1 Å². The highest BCUT2D eigenvalue weighted by Crippen LogP contribution is 2.37. The zero-order valence-corrected chi connectivity index (χ0v) is 13.6. The molecule has 0 bridgehead atoms. The first-order chi connectivity index (χ1) is 13.0. The standard InChI is InChI=1S/C16H11FN6O4/c17-8-5-9(15(24)19-7-8)11-2-4-27-23(11)12-1-3-22-14(20-12)13(16(25)26)10(6-18)21-22/h1,3,5,7,11H,2,4H2,(H,19,24)(H,25,26)/t11-/m1/s1. The van der Waals surface area contributed by atoms with Gasteiger partial charge < -0.3 is 10.2 Å². The first kappa shape index (κ1) is 16.7. The average molecular weight is 370 g/mol. The number of halogens is 1. The van der Waals surface area contributed by atoms with E-state index in [4.69, 9.17) is 10.1 Å². The molecule has 10 nitrogen and oxygen atoms in total. The van der Waals surface area contributed by atoms with Crippen molar-refractivity contribution in [2.45, 2.75) is 12.5 Å². The number of fused-ring (bicyclic) bond motifs is 1. The van der Waals surface area contributed by atoms with Crippen LogP contribution >= 0.6 is 0 Å². The average Bonchev–Trinajstić information content (AvgIpc) is 3.27. The van der Waals surface area contributed by atoms with E-state index in [1.807, 2.05) is 0 Å². The van der Waals surface area contributed by atoms with E-state index in [0.29, 0.717) is 6.42 Å². The second-order valence-electron chi connectivity index (χ2n) is 5.72. The number of carbonyl (C=O) groups is 1. The summed E-state index contributed by atoms with van der Waals surface area (Å²) < 4.78 is 14.7. The molecule has 4 rings (SSSR count). The van der Waals surface area contributed by atoms with Crippen LogP contribution < -0.4 is 5.06 Å². The number of hydrogen-bond donors (Lipinski definition) is 2. The number of aromatic nitrogens is 4. The van der Waals surface area contributed by atoms with Gasteiger partial charge >= 0.3 is 5.97 Å². The predicted octanol–water partition coefficient (Wildman–Crippen LogP) is 1.42. The lowest BCUT2D eigenvalue weighted by molar-refractivity contribution is 0.0698. The second kappa shape index (κ2) is 6.19. The van der Waals surface area contributed by atoms with Gasteiger partial charge in [0.2, 0.25) is 5.88 Å². The van der Waals surface area contributed by atoms with Crippen molar-refractivity contribution in [3.63, 3.8) is 0 Å². The van der Waals surface area contributed by atoms with Crippen LogP contribution in [0, 0.1) is 17.1 Å². The number of hydrogen-bond acceptors (Lipinski definition) is 8. The molecule has 11 heteroatoms. The summed E-state index contributed by atoms with van der Waals surface area (Å²) in [6.07, 6.45) is 2.77. The van der Waals surface area contributed by atoms with E-state index < -0.39 is 17.8 Å². The molecule has 1 atom stereocenters. The number of hydroxylamine groups is 1. The summed E-state index contributed by atoms with van der Waals surface area (Å²) in [5, 5.41) is 33.6. The SMILES string of the molecule is N#Cc1nn2ccc(N3OCC[C@@H]3c3cc(F)cnc3O)nc2c1C(=O)O. The normalized spacial score (nSPS) is 16.6. The fourth-order valence-electron chi connectivity index (χ4n) is 2.99. The molecule has 0 amide bonds. The molecule has 27 heavy (non-hydrogen) atoms. The Morgan fingerprint density at radius 2 is 2.30 bits per heavy atom. The molecule has 0 unspecified atom stereocenters. The smallest absolute Gasteiger partial charge is 0.342 e. The molecule has 3 aromatic heterocycles. The molecule has 4 heterocycles. The quantitative estimate of drug-likeness (QED) is 0.701.